The van der Waals surface area contributed by atoms with Crippen LogP contribution < -0.4 is 20.7 Å². The molecule has 0 bridgehead atoms. The summed E-state index contributed by atoms with van der Waals surface area (Å²) in [6.07, 6.45) is 6.28. The molecule has 0 radical (unpaired) electrons. The van der Waals surface area contributed by atoms with Crippen LogP contribution in [-0.4, -0.2) is 72.8 Å². The van der Waals surface area contributed by atoms with Crippen LogP contribution >= 0.6 is 63.7 Å². The number of anilines is 2. The Kier molecular flexibility index (Phi) is 17.6. The molecular weight excluding hydrogens is 1060 g/mol. The summed E-state index contributed by atoms with van der Waals surface area (Å²) in [5.41, 5.74) is 8.66. The van der Waals surface area contributed by atoms with Crippen molar-refractivity contribution in [1.82, 2.24) is 10.9 Å². The summed E-state index contributed by atoms with van der Waals surface area (Å²) in [6.45, 7) is 6.17. The number of aromatic hydroxyl groups is 2. The van der Waals surface area contributed by atoms with Crippen molar-refractivity contribution >= 4 is 121 Å². The van der Waals surface area contributed by atoms with E-state index in [0.717, 1.165) is 58.6 Å². The minimum Gasteiger partial charge on any atom is -0.506 e. The van der Waals surface area contributed by atoms with Gasteiger partial charge in [0.1, 0.15) is 23.6 Å². The van der Waals surface area contributed by atoms with Crippen LogP contribution in [0.25, 0.3) is 21.5 Å². The lowest BCUT2D eigenvalue weighted by molar-refractivity contribution is -0.122. The Morgan fingerprint density at radius 1 is 0.571 bits per heavy atom. The first-order valence-electron chi connectivity index (χ1n) is 20.5. The van der Waals surface area contributed by atoms with Crippen molar-refractivity contribution in [3.8, 4) is 11.5 Å². The number of carbonyl (C=O) groups excluding carboxylic acids is 2. The van der Waals surface area contributed by atoms with Crippen LogP contribution in [0.4, 0.5) is 11.4 Å². The molecule has 0 aliphatic carbocycles. The minimum atomic E-state index is -0.520. The molecule has 6 aromatic carbocycles. The zero-order valence-corrected chi connectivity index (χ0v) is 41.1. The molecule has 15 heteroatoms. The van der Waals surface area contributed by atoms with Crippen molar-refractivity contribution in [2.45, 2.75) is 51.6 Å². The lowest BCUT2D eigenvalue weighted by atomic mass is 10.1. The van der Waals surface area contributed by atoms with Crippen LogP contribution in [0.15, 0.2) is 137 Å². The van der Waals surface area contributed by atoms with E-state index >= 15 is 0 Å². The number of rotatable bonds is 20. The second-order valence-electron chi connectivity index (χ2n) is 15.0. The highest BCUT2D eigenvalue weighted by molar-refractivity contribution is 9.11. The molecule has 6 aromatic rings. The SMILES string of the molecule is CC(C(=O)N/N=C\c1cc(Br)c(O)c(Br)c1)N(CCCCOCCCCN(c1ccc2ccccc2c1)C(C)C(=O)N/N=C\c1cc(Br)c(O)c(Br)c1)c1ccc2ccccc2c1. The molecule has 2 unspecified atom stereocenters. The highest BCUT2D eigenvalue weighted by Gasteiger charge is 2.23. The Morgan fingerprint density at radius 2 is 0.937 bits per heavy atom. The minimum absolute atomic E-state index is 0.0909. The molecule has 2 atom stereocenters. The molecule has 0 aliphatic rings. The fourth-order valence-electron chi connectivity index (χ4n) is 7.01. The monoisotopic (exact) mass is 1100 g/mol. The Labute approximate surface area is 401 Å². The van der Waals surface area contributed by atoms with E-state index in [1.54, 1.807) is 24.3 Å². The quantitative estimate of drug-likeness (QED) is 0.0339. The van der Waals surface area contributed by atoms with Crippen LogP contribution in [0.5, 0.6) is 11.5 Å². The standard InChI is InChI=1S/C48H48Br4N6O5/c1-31(47(61)55-53-29-33-23-41(49)45(59)42(50)24-33)57(39-17-15-35-11-3-5-13-37(35)27-39)19-7-9-21-63-22-10-8-20-58(40-18-16-36-12-4-6-14-38(36)28-40)32(2)48(62)56-54-30-34-25-43(51)46(60)44(52)26-34/h3-6,11-18,23-32,59-60H,7-10,19-22H2,1-2H3,(H,55,61)(H,56,62)/b53-29-,54-30-. The van der Waals surface area contributed by atoms with Gasteiger partial charge in [0.15, 0.2) is 0 Å². The van der Waals surface area contributed by atoms with E-state index < -0.39 is 12.1 Å². The lowest BCUT2D eigenvalue weighted by Gasteiger charge is -2.30. The second kappa shape index (κ2) is 23.2. The molecule has 328 valence electrons. The molecule has 0 spiro atoms. The van der Waals surface area contributed by atoms with Crippen molar-refractivity contribution in [3.63, 3.8) is 0 Å². The van der Waals surface area contributed by atoms with Gasteiger partial charge in [-0.15, -0.1) is 0 Å². The first-order chi connectivity index (χ1) is 30.4. The van der Waals surface area contributed by atoms with E-state index in [0.29, 0.717) is 55.3 Å². The molecule has 0 saturated heterocycles. The topological polar surface area (TPSA) is 139 Å². The number of halogens is 4. The maximum Gasteiger partial charge on any atom is 0.262 e. The highest BCUT2D eigenvalue weighted by atomic mass is 79.9. The van der Waals surface area contributed by atoms with Gasteiger partial charge in [0, 0.05) is 37.7 Å². The van der Waals surface area contributed by atoms with E-state index in [1.807, 2.05) is 50.2 Å². The van der Waals surface area contributed by atoms with Crippen molar-refractivity contribution in [2.75, 3.05) is 36.1 Å². The third-order valence-electron chi connectivity index (χ3n) is 10.6. The number of hydrogen-bond acceptors (Lipinski definition) is 9. The summed E-state index contributed by atoms with van der Waals surface area (Å²) < 4.78 is 8.15. The maximum atomic E-state index is 13.4. The van der Waals surface area contributed by atoms with Gasteiger partial charge >= 0.3 is 0 Å². The Hall–Kier alpha value is -4.80. The fourth-order valence-corrected chi connectivity index (χ4v) is 9.45. The summed E-state index contributed by atoms with van der Waals surface area (Å²) in [6, 6.07) is 34.6. The number of phenols is 2. The van der Waals surface area contributed by atoms with Gasteiger partial charge in [-0.05, 0) is 184 Å². The summed E-state index contributed by atoms with van der Waals surface area (Å²) >= 11 is 13.3. The van der Waals surface area contributed by atoms with Gasteiger partial charge in [-0.25, -0.2) is 10.9 Å². The molecule has 0 aliphatic heterocycles. The van der Waals surface area contributed by atoms with Gasteiger partial charge in [-0.1, -0.05) is 60.7 Å². The van der Waals surface area contributed by atoms with Crippen LogP contribution in [0.2, 0.25) is 0 Å². The first kappa shape index (κ1) is 47.7. The summed E-state index contributed by atoms with van der Waals surface area (Å²) in [4.78, 5) is 31.1. The Balaban J connectivity index is 1.01. The van der Waals surface area contributed by atoms with E-state index in [4.69, 9.17) is 4.74 Å². The smallest absolute Gasteiger partial charge is 0.262 e. The molecule has 63 heavy (non-hydrogen) atoms. The van der Waals surface area contributed by atoms with Gasteiger partial charge in [-0.2, -0.15) is 10.2 Å². The van der Waals surface area contributed by atoms with Gasteiger partial charge in [0.25, 0.3) is 11.8 Å². The van der Waals surface area contributed by atoms with E-state index in [1.165, 1.54) is 12.4 Å². The van der Waals surface area contributed by atoms with Crippen molar-refractivity contribution in [1.29, 1.82) is 0 Å². The van der Waals surface area contributed by atoms with Crippen molar-refractivity contribution in [2.24, 2.45) is 10.2 Å². The number of nitrogens with one attached hydrogen (secondary N) is 2. The van der Waals surface area contributed by atoms with E-state index in [9.17, 15) is 19.8 Å². The molecule has 0 saturated carbocycles. The average molecular weight is 1110 g/mol. The van der Waals surface area contributed by atoms with Crippen molar-refractivity contribution < 1.29 is 24.5 Å². The normalized spacial score (nSPS) is 12.5. The second-order valence-corrected chi connectivity index (χ2v) is 18.4. The Bertz CT molecular complexity index is 2390. The van der Waals surface area contributed by atoms with Crippen LogP contribution in [0, 0.1) is 0 Å². The van der Waals surface area contributed by atoms with Gasteiger partial charge < -0.3 is 24.7 Å². The molecular formula is C48H48Br4N6O5. The molecule has 6 rings (SSSR count). The number of phenolic OH excluding ortho intramolecular Hbond substituents is 2. The summed E-state index contributed by atoms with van der Waals surface area (Å²) in [7, 11) is 0. The van der Waals surface area contributed by atoms with Crippen molar-refractivity contribution in [3.05, 3.63) is 138 Å². The molecule has 4 N–H and O–H groups in total. The summed E-state index contributed by atoms with van der Waals surface area (Å²) in [5.74, 6) is -0.317. The number of hydrazone groups is 2. The third-order valence-corrected chi connectivity index (χ3v) is 13.0. The number of benzene rings is 6. The zero-order chi connectivity index (χ0) is 44.9. The fraction of sp³-hybridized carbons (Fsp3) is 0.250. The number of ether oxygens (including phenoxy) is 1. The average Bonchev–Trinajstić information content (AvgIpc) is 3.28. The third kappa shape index (κ3) is 13.1. The van der Waals surface area contributed by atoms with Gasteiger partial charge in [-0.3, -0.25) is 9.59 Å². The van der Waals surface area contributed by atoms with Crippen LogP contribution in [0.3, 0.4) is 0 Å². The number of carbonyl (C=O) groups is 2. The number of nitrogens with zero attached hydrogens (tertiary/aromatic N) is 4. The van der Waals surface area contributed by atoms with Gasteiger partial charge in [0.2, 0.25) is 0 Å². The molecule has 0 fully saturated rings. The number of fused-ring (bicyclic) bond motifs is 2. The Morgan fingerprint density at radius 3 is 1.32 bits per heavy atom. The first-order valence-corrected chi connectivity index (χ1v) is 23.7. The van der Waals surface area contributed by atoms with Crippen LogP contribution in [-0.2, 0) is 14.3 Å². The van der Waals surface area contributed by atoms with E-state index in [-0.39, 0.29) is 23.3 Å². The lowest BCUT2D eigenvalue weighted by Crippen LogP contribution is -2.44. The van der Waals surface area contributed by atoms with Gasteiger partial charge in [0.05, 0.1) is 30.3 Å². The predicted octanol–water partition coefficient (Wildman–Crippen LogP) is 11.4. The molecule has 2 amide bonds. The van der Waals surface area contributed by atoms with Crippen LogP contribution in [0.1, 0.15) is 50.7 Å². The number of hydrogen-bond donors (Lipinski definition) is 4. The maximum absolute atomic E-state index is 13.4. The number of unbranched alkanes of at least 4 members (excludes halogenated alkanes) is 2. The number of amides is 2. The summed E-state index contributed by atoms with van der Waals surface area (Å²) in [5, 5.41) is 32.9. The molecule has 11 nitrogen and oxygen atoms in total. The highest BCUT2D eigenvalue weighted by Crippen LogP contribution is 2.34. The largest absolute Gasteiger partial charge is 0.506 e. The van der Waals surface area contributed by atoms with E-state index in [2.05, 4.69) is 143 Å². The molecule has 0 aromatic heterocycles. The molecule has 0 heterocycles. The predicted molar refractivity (Wildman–Crippen MR) is 269 cm³/mol. The zero-order valence-electron chi connectivity index (χ0n) is 34.8.